The molecule has 2 fully saturated rings. The fourth-order valence-corrected chi connectivity index (χ4v) is 2.67. The number of nitrogens with one attached hydrogen (secondary N) is 1. The highest BCUT2D eigenvalue weighted by Crippen LogP contribution is 2.19. The number of cyclic esters (lactones) is 1. The summed E-state index contributed by atoms with van der Waals surface area (Å²) >= 11 is 0. The molecule has 0 bridgehead atoms. The second kappa shape index (κ2) is 5.81. The minimum atomic E-state index is -0.257. The van der Waals surface area contributed by atoms with Gasteiger partial charge in [0, 0.05) is 24.9 Å². The molecule has 1 N–H and O–H groups in total. The Hall–Kier alpha value is -1.59. The van der Waals surface area contributed by atoms with E-state index in [1.165, 1.54) is 5.56 Å². The summed E-state index contributed by atoms with van der Waals surface area (Å²) in [6.45, 7) is 4.87. The van der Waals surface area contributed by atoms with E-state index < -0.39 is 0 Å². The molecule has 1 aromatic carbocycles. The molecule has 0 aromatic heterocycles. The van der Waals surface area contributed by atoms with Crippen molar-refractivity contribution in [1.29, 1.82) is 0 Å². The van der Waals surface area contributed by atoms with E-state index >= 15 is 0 Å². The summed E-state index contributed by atoms with van der Waals surface area (Å²) in [4.78, 5) is 13.1. The Kier molecular flexibility index (Phi) is 3.89. The number of rotatable bonds is 4. The van der Waals surface area contributed by atoms with E-state index in [0.29, 0.717) is 19.2 Å². The number of carbonyl (C=O) groups excluding carboxylic acids is 1. The van der Waals surface area contributed by atoms with Gasteiger partial charge in [-0.05, 0) is 31.0 Å². The topological polar surface area (TPSA) is 50.8 Å². The van der Waals surface area contributed by atoms with Gasteiger partial charge in [-0.25, -0.2) is 4.79 Å². The van der Waals surface area contributed by atoms with Crippen LogP contribution in [0.25, 0.3) is 0 Å². The Balaban J connectivity index is 1.57. The minimum Gasteiger partial charge on any atom is -0.447 e. The van der Waals surface area contributed by atoms with Crippen molar-refractivity contribution in [3.8, 4) is 0 Å². The largest absolute Gasteiger partial charge is 0.447 e. The molecule has 0 radical (unpaired) electrons. The molecule has 0 aliphatic carbocycles. The van der Waals surface area contributed by atoms with E-state index in [9.17, 15) is 4.79 Å². The lowest BCUT2D eigenvalue weighted by Crippen LogP contribution is -2.34. The standard InChI is InChI=1S/C15H20N2O3/c1-11-14(6-8-19-11)16-10-12-2-4-13(5-3-12)17-7-9-20-15(17)18/h2-5,11,14,16H,6-10H2,1H3/t11-,14+/m0/s1. The average molecular weight is 276 g/mol. The molecule has 0 unspecified atom stereocenters. The van der Waals surface area contributed by atoms with Crippen molar-refractivity contribution in [2.75, 3.05) is 24.7 Å². The summed E-state index contributed by atoms with van der Waals surface area (Å²) in [7, 11) is 0. The lowest BCUT2D eigenvalue weighted by molar-refractivity contribution is 0.113. The number of amides is 1. The van der Waals surface area contributed by atoms with E-state index in [1.807, 2.05) is 12.1 Å². The Morgan fingerprint density at radius 3 is 2.70 bits per heavy atom. The Morgan fingerprint density at radius 1 is 1.30 bits per heavy atom. The molecule has 2 saturated heterocycles. The van der Waals surface area contributed by atoms with Crippen molar-refractivity contribution < 1.29 is 14.3 Å². The summed E-state index contributed by atoms with van der Waals surface area (Å²) in [6, 6.07) is 8.47. The van der Waals surface area contributed by atoms with Gasteiger partial charge in [0.05, 0.1) is 12.6 Å². The fraction of sp³-hybridized carbons (Fsp3) is 0.533. The first-order chi connectivity index (χ1) is 9.74. The summed E-state index contributed by atoms with van der Waals surface area (Å²) in [5.41, 5.74) is 2.11. The van der Waals surface area contributed by atoms with Crippen LogP contribution in [0.5, 0.6) is 0 Å². The summed E-state index contributed by atoms with van der Waals surface area (Å²) in [6.07, 6.45) is 1.10. The molecule has 2 aliphatic heterocycles. The molecule has 1 aromatic rings. The second-order valence-corrected chi connectivity index (χ2v) is 5.28. The quantitative estimate of drug-likeness (QED) is 0.912. The van der Waals surface area contributed by atoms with Crippen molar-refractivity contribution in [2.45, 2.75) is 32.0 Å². The Morgan fingerprint density at radius 2 is 2.10 bits per heavy atom. The molecule has 3 rings (SSSR count). The van der Waals surface area contributed by atoms with Gasteiger partial charge in [-0.15, -0.1) is 0 Å². The molecular weight excluding hydrogens is 256 g/mol. The van der Waals surface area contributed by atoms with Crippen molar-refractivity contribution >= 4 is 11.8 Å². The maximum atomic E-state index is 11.5. The van der Waals surface area contributed by atoms with Gasteiger partial charge in [-0.1, -0.05) is 12.1 Å². The maximum Gasteiger partial charge on any atom is 0.414 e. The maximum absolute atomic E-state index is 11.5. The molecule has 2 heterocycles. The summed E-state index contributed by atoms with van der Waals surface area (Å²) in [5, 5.41) is 3.52. The second-order valence-electron chi connectivity index (χ2n) is 5.28. The van der Waals surface area contributed by atoms with Gasteiger partial charge < -0.3 is 14.8 Å². The first kappa shape index (κ1) is 13.4. The predicted octanol–water partition coefficient (Wildman–Crippen LogP) is 1.91. The van der Waals surface area contributed by atoms with Crippen LogP contribution < -0.4 is 10.2 Å². The van der Waals surface area contributed by atoms with E-state index in [0.717, 1.165) is 25.3 Å². The van der Waals surface area contributed by atoms with E-state index in [4.69, 9.17) is 9.47 Å². The predicted molar refractivity (Wildman–Crippen MR) is 75.8 cm³/mol. The van der Waals surface area contributed by atoms with Crippen LogP contribution in [0.3, 0.4) is 0 Å². The van der Waals surface area contributed by atoms with E-state index in [1.54, 1.807) is 4.90 Å². The first-order valence-electron chi connectivity index (χ1n) is 7.12. The number of hydrogen-bond acceptors (Lipinski definition) is 4. The minimum absolute atomic E-state index is 0.257. The number of carbonyl (C=O) groups is 1. The highest BCUT2D eigenvalue weighted by Gasteiger charge is 2.24. The van der Waals surface area contributed by atoms with Gasteiger partial charge in [0.1, 0.15) is 6.61 Å². The monoisotopic (exact) mass is 276 g/mol. The molecule has 20 heavy (non-hydrogen) atoms. The van der Waals surface area contributed by atoms with Crippen LogP contribution in [0, 0.1) is 0 Å². The van der Waals surface area contributed by atoms with Crippen LogP contribution in [-0.2, 0) is 16.0 Å². The number of ether oxygens (including phenoxy) is 2. The normalized spacial score (nSPS) is 26.1. The molecule has 0 saturated carbocycles. The highest BCUT2D eigenvalue weighted by molar-refractivity contribution is 5.89. The van der Waals surface area contributed by atoms with Crippen LogP contribution in [0.15, 0.2) is 24.3 Å². The van der Waals surface area contributed by atoms with Crippen LogP contribution in [0.1, 0.15) is 18.9 Å². The van der Waals surface area contributed by atoms with Gasteiger partial charge >= 0.3 is 6.09 Å². The third kappa shape index (κ3) is 2.78. The van der Waals surface area contributed by atoms with Crippen LogP contribution in [0.4, 0.5) is 10.5 Å². The molecule has 5 heteroatoms. The van der Waals surface area contributed by atoms with E-state index in [-0.39, 0.29) is 12.2 Å². The van der Waals surface area contributed by atoms with Crippen LogP contribution in [-0.4, -0.2) is 38.0 Å². The third-order valence-corrected chi connectivity index (χ3v) is 3.95. The van der Waals surface area contributed by atoms with Crippen LogP contribution >= 0.6 is 0 Å². The number of nitrogens with zero attached hydrogens (tertiary/aromatic N) is 1. The van der Waals surface area contributed by atoms with Gasteiger partial charge in [0.25, 0.3) is 0 Å². The van der Waals surface area contributed by atoms with Gasteiger partial charge in [-0.3, -0.25) is 4.90 Å². The summed E-state index contributed by atoms with van der Waals surface area (Å²) < 4.78 is 10.5. The highest BCUT2D eigenvalue weighted by atomic mass is 16.6. The van der Waals surface area contributed by atoms with Crippen molar-refractivity contribution in [2.24, 2.45) is 0 Å². The molecule has 2 atom stereocenters. The first-order valence-corrected chi connectivity index (χ1v) is 7.12. The SMILES string of the molecule is C[C@@H]1OCC[C@H]1NCc1ccc(N2CCOC2=O)cc1. The third-order valence-electron chi connectivity index (χ3n) is 3.95. The van der Waals surface area contributed by atoms with Crippen molar-refractivity contribution in [3.05, 3.63) is 29.8 Å². The van der Waals surface area contributed by atoms with E-state index in [2.05, 4.69) is 24.4 Å². The Labute approximate surface area is 118 Å². The fourth-order valence-electron chi connectivity index (χ4n) is 2.67. The number of benzene rings is 1. The Bertz CT molecular complexity index is 475. The van der Waals surface area contributed by atoms with Crippen molar-refractivity contribution in [1.82, 2.24) is 5.32 Å². The lowest BCUT2D eigenvalue weighted by Gasteiger charge is -2.17. The molecule has 1 amide bonds. The van der Waals surface area contributed by atoms with Gasteiger partial charge in [-0.2, -0.15) is 0 Å². The van der Waals surface area contributed by atoms with Gasteiger partial charge in [0.15, 0.2) is 0 Å². The molecule has 0 spiro atoms. The average Bonchev–Trinajstić information content (AvgIpc) is 3.06. The zero-order valence-electron chi connectivity index (χ0n) is 11.7. The van der Waals surface area contributed by atoms with Crippen LogP contribution in [0.2, 0.25) is 0 Å². The zero-order valence-corrected chi connectivity index (χ0v) is 11.7. The summed E-state index contributed by atoms with van der Waals surface area (Å²) in [5.74, 6) is 0. The van der Waals surface area contributed by atoms with Crippen molar-refractivity contribution in [3.63, 3.8) is 0 Å². The molecule has 108 valence electrons. The number of hydrogen-bond donors (Lipinski definition) is 1. The van der Waals surface area contributed by atoms with Gasteiger partial charge in [0.2, 0.25) is 0 Å². The smallest absolute Gasteiger partial charge is 0.414 e. The molecule has 5 nitrogen and oxygen atoms in total. The lowest BCUT2D eigenvalue weighted by atomic mass is 10.1. The number of anilines is 1. The zero-order chi connectivity index (χ0) is 13.9. The molecule has 2 aliphatic rings. The molecular formula is C15H20N2O3.